The summed E-state index contributed by atoms with van der Waals surface area (Å²) in [6.45, 7) is 0. The fraction of sp³-hybridized carbons (Fsp3) is 0. The molecule has 0 fully saturated rings. The summed E-state index contributed by atoms with van der Waals surface area (Å²) in [6.07, 6.45) is 0. The van der Waals surface area contributed by atoms with Gasteiger partial charge in [-0.05, 0) is 109 Å². The Labute approximate surface area is 299 Å². The van der Waals surface area contributed by atoms with E-state index in [-0.39, 0.29) is 0 Å². The molecular formula is C50H35N. The maximum atomic E-state index is 2.36. The van der Waals surface area contributed by atoms with Gasteiger partial charge in [0.25, 0.3) is 0 Å². The van der Waals surface area contributed by atoms with Gasteiger partial charge in [0.15, 0.2) is 0 Å². The van der Waals surface area contributed by atoms with Gasteiger partial charge in [-0.2, -0.15) is 0 Å². The van der Waals surface area contributed by atoms with Crippen LogP contribution in [0.15, 0.2) is 212 Å². The molecule has 0 heterocycles. The third kappa shape index (κ3) is 5.96. The molecule has 0 spiro atoms. The zero-order chi connectivity index (χ0) is 34.0. The van der Waals surface area contributed by atoms with E-state index in [0.29, 0.717) is 0 Å². The zero-order valence-corrected chi connectivity index (χ0v) is 28.2. The molecule has 0 aliphatic rings. The molecule has 0 N–H and O–H groups in total. The summed E-state index contributed by atoms with van der Waals surface area (Å²) in [7, 11) is 0. The van der Waals surface area contributed by atoms with Crippen molar-refractivity contribution in [3.05, 3.63) is 212 Å². The maximum absolute atomic E-state index is 2.36. The summed E-state index contributed by atoms with van der Waals surface area (Å²) in [5.41, 5.74) is 13.1. The molecule has 0 saturated heterocycles. The Morgan fingerprint density at radius 2 is 0.745 bits per heavy atom. The standard InChI is InChI=1S/C50H35N/c1-3-12-36(13-4-1)42-19-11-20-43(34-42)38-22-28-45(29-23-38)51(47-32-24-37-14-7-8-18-44(37)35-47)46-30-25-40(26-31-46)49-33-27-39-15-9-10-21-48(39)50(49)41-16-5-2-6-17-41/h1-35H. The fourth-order valence-corrected chi connectivity index (χ4v) is 7.29. The Morgan fingerprint density at radius 3 is 1.43 bits per heavy atom. The van der Waals surface area contributed by atoms with Crippen LogP contribution in [0.4, 0.5) is 17.1 Å². The minimum absolute atomic E-state index is 1.11. The molecule has 9 rings (SSSR count). The van der Waals surface area contributed by atoms with Gasteiger partial charge in [0.2, 0.25) is 0 Å². The first-order valence-electron chi connectivity index (χ1n) is 17.5. The van der Waals surface area contributed by atoms with E-state index in [2.05, 4.69) is 217 Å². The van der Waals surface area contributed by atoms with Gasteiger partial charge in [-0.3, -0.25) is 0 Å². The number of benzene rings is 9. The van der Waals surface area contributed by atoms with Gasteiger partial charge in [0.1, 0.15) is 0 Å². The molecule has 0 bridgehead atoms. The lowest BCUT2D eigenvalue weighted by Crippen LogP contribution is -2.09. The van der Waals surface area contributed by atoms with Gasteiger partial charge in [-0.15, -0.1) is 0 Å². The van der Waals surface area contributed by atoms with Crippen LogP contribution in [0.25, 0.3) is 66.1 Å². The molecule has 1 nitrogen and oxygen atoms in total. The predicted molar refractivity (Wildman–Crippen MR) is 218 cm³/mol. The van der Waals surface area contributed by atoms with Crippen molar-refractivity contribution in [1.29, 1.82) is 0 Å². The van der Waals surface area contributed by atoms with E-state index in [1.54, 1.807) is 0 Å². The van der Waals surface area contributed by atoms with Crippen LogP contribution in [0, 0.1) is 0 Å². The van der Waals surface area contributed by atoms with Crippen LogP contribution < -0.4 is 4.90 Å². The third-order valence-electron chi connectivity index (χ3n) is 9.85. The molecule has 0 radical (unpaired) electrons. The quantitative estimate of drug-likeness (QED) is 0.166. The summed E-state index contributed by atoms with van der Waals surface area (Å²) in [4.78, 5) is 2.36. The molecule has 240 valence electrons. The number of hydrogen-bond acceptors (Lipinski definition) is 1. The Bertz CT molecular complexity index is 2600. The predicted octanol–water partition coefficient (Wildman–Crippen LogP) is 14.1. The highest BCUT2D eigenvalue weighted by Crippen LogP contribution is 2.41. The van der Waals surface area contributed by atoms with Crippen LogP contribution in [0.3, 0.4) is 0 Å². The molecule has 9 aromatic carbocycles. The number of hydrogen-bond donors (Lipinski definition) is 0. The lowest BCUT2D eigenvalue weighted by molar-refractivity contribution is 1.29. The summed E-state index contributed by atoms with van der Waals surface area (Å²) in [5, 5.41) is 4.96. The van der Waals surface area contributed by atoms with E-state index in [1.807, 2.05) is 0 Å². The van der Waals surface area contributed by atoms with Gasteiger partial charge in [0.05, 0.1) is 0 Å². The molecule has 0 saturated carbocycles. The SMILES string of the molecule is c1ccc(-c2cccc(-c3ccc(N(c4ccc(-c5ccc6ccccc6c5-c5ccccc5)cc4)c4ccc5ccccc5c4)cc3)c2)cc1. The largest absolute Gasteiger partial charge is 0.310 e. The number of nitrogens with zero attached hydrogens (tertiary/aromatic N) is 1. The summed E-state index contributed by atoms with van der Waals surface area (Å²) >= 11 is 0. The molecule has 9 aromatic rings. The van der Waals surface area contributed by atoms with Gasteiger partial charge < -0.3 is 4.90 Å². The van der Waals surface area contributed by atoms with Crippen molar-refractivity contribution in [2.75, 3.05) is 4.90 Å². The highest BCUT2D eigenvalue weighted by Gasteiger charge is 2.16. The minimum Gasteiger partial charge on any atom is -0.310 e. The molecule has 0 unspecified atom stereocenters. The summed E-state index contributed by atoms with van der Waals surface area (Å²) in [5.74, 6) is 0. The third-order valence-corrected chi connectivity index (χ3v) is 9.85. The van der Waals surface area contributed by atoms with E-state index in [4.69, 9.17) is 0 Å². The molecule has 0 aliphatic carbocycles. The van der Waals surface area contributed by atoms with Crippen LogP contribution >= 0.6 is 0 Å². The Kier molecular flexibility index (Phi) is 7.92. The lowest BCUT2D eigenvalue weighted by Gasteiger charge is -2.26. The summed E-state index contributed by atoms with van der Waals surface area (Å²) < 4.78 is 0. The molecule has 0 atom stereocenters. The van der Waals surface area contributed by atoms with E-state index in [9.17, 15) is 0 Å². The molecule has 0 aliphatic heterocycles. The Balaban J connectivity index is 1.12. The van der Waals surface area contributed by atoms with Crippen molar-refractivity contribution >= 4 is 38.6 Å². The molecular weight excluding hydrogens is 615 g/mol. The zero-order valence-electron chi connectivity index (χ0n) is 28.2. The normalized spacial score (nSPS) is 11.1. The van der Waals surface area contributed by atoms with E-state index < -0.39 is 0 Å². The Morgan fingerprint density at radius 1 is 0.255 bits per heavy atom. The van der Waals surface area contributed by atoms with Crippen molar-refractivity contribution in [3.8, 4) is 44.5 Å². The van der Waals surface area contributed by atoms with Gasteiger partial charge in [0, 0.05) is 17.1 Å². The second-order valence-electron chi connectivity index (χ2n) is 13.0. The van der Waals surface area contributed by atoms with Crippen LogP contribution in [0.5, 0.6) is 0 Å². The minimum atomic E-state index is 1.11. The fourth-order valence-electron chi connectivity index (χ4n) is 7.29. The number of fused-ring (bicyclic) bond motifs is 2. The van der Waals surface area contributed by atoms with E-state index in [1.165, 1.54) is 66.1 Å². The van der Waals surface area contributed by atoms with E-state index >= 15 is 0 Å². The lowest BCUT2D eigenvalue weighted by atomic mass is 9.90. The Hall–Kier alpha value is -6.70. The van der Waals surface area contributed by atoms with Crippen LogP contribution in [-0.2, 0) is 0 Å². The number of anilines is 3. The second kappa shape index (κ2) is 13.3. The first kappa shape index (κ1) is 30.4. The monoisotopic (exact) mass is 649 g/mol. The summed E-state index contributed by atoms with van der Waals surface area (Å²) in [6, 6.07) is 76.6. The topological polar surface area (TPSA) is 3.24 Å². The maximum Gasteiger partial charge on any atom is 0.0468 e. The smallest absolute Gasteiger partial charge is 0.0468 e. The van der Waals surface area contributed by atoms with Crippen molar-refractivity contribution in [3.63, 3.8) is 0 Å². The second-order valence-corrected chi connectivity index (χ2v) is 13.0. The van der Waals surface area contributed by atoms with Crippen molar-refractivity contribution < 1.29 is 0 Å². The van der Waals surface area contributed by atoms with Crippen LogP contribution in [-0.4, -0.2) is 0 Å². The van der Waals surface area contributed by atoms with Crippen molar-refractivity contribution in [1.82, 2.24) is 0 Å². The highest BCUT2D eigenvalue weighted by molar-refractivity contribution is 6.04. The highest BCUT2D eigenvalue weighted by atomic mass is 15.1. The molecule has 0 aromatic heterocycles. The van der Waals surface area contributed by atoms with Gasteiger partial charge >= 0.3 is 0 Å². The molecule has 0 amide bonds. The van der Waals surface area contributed by atoms with Crippen LogP contribution in [0.1, 0.15) is 0 Å². The average molecular weight is 650 g/mol. The van der Waals surface area contributed by atoms with E-state index in [0.717, 1.165) is 17.1 Å². The molecule has 1 heteroatoms. The average Bonchev–Trinajstić information content (AvgIpc) is 3.22. The number of rotatable bonds is 7. The van der Waals surface area contributed by atoms with Crippen LogP contribution in [0.2, 0.25) is 0 Å². The van der Waals surface area contributed by atoms with Crippen molar-refractivity contribution in [2.24, 2.45) is 0 Å². The van der Waals surface area contributed by atoms with Gasteiger partial charge in [-0.25, -0.2) is 0 Å². The molecule has 51 heavy (non-hydrogen) atoms. The first-order chi connectivity index (χ1) is 25.3. The van der Waals surface area contributed by atoms with Crippen molar-refractivity contribution in [2.45, 2.75) is 0 Å². The van der Waals surface area contributed by atoms with Gasteiger partial charge in [-0.1, -0.05) is 170 Å². The first-order valence-corrected chi connectivity index (χ1v) is 17.5.